The molecule has 0 N–H and O–H groups in total. The van der Waals surface area contributed by atoms with E-state index in [-0.39, 0.29) is 0 Å². The van der Waals surface area contributed by atoms with Gasteiger partial charge in [-0.25, -0.2) is 4.98 Å². The Labute approximate surface area is 105 Å². The highest BCUT2D eigenvalue weighted by atomic mass is 127. The van der Waals surface area contributed by atoms with Gasteiger partial charge in [-0.2, -0.15) is 0 Å². The maximum atomic E-state index is 5.37. The molecule has 0 aliphatic rings. The van der Waals surface area contributed by atoms with Gasteiger partial charge < -0.3 is 4.42 Å². The fourth-order valence-corrected chi connectivity index (χ4v) is 1.47. The van der Waals surface area contributed by atoms with Gasteiger partial charge in [0.1, 0.15) is 0 Å². The number of rotatable bonds is 0. The molecule has 0 aliphatic carbocycles. The third-order valence-electron chi connectivity index (χ3n) is 1.51. The molecule has 2 heterocycles. The summed E-state index contributed by atoms with van der Waals surface area (Å²) < 4.78 is 5.37. The quantitative estimate of drug-likeness (QED) is 0.533. The lowest BCUT2D eigenvalue weighted by Crippen LogP contribution is -1.66. The molecule has 2 rings (SSSR count). The molecule has 0 aromatic carbocycles. The van der Waals surface area contributed by atoms with Crippen LogP contribution >= 0.6 is 30.1 Å². The molecule has 2 nitrogen and oxygen atoms in total. The van der Waals surface area contributed by atoms with Crippen molar-refractivity contribution in [1.29, 1.82) is 0 Å². The van der Waals surface area contributed by atoms with Crippen LogP contribution in [0.2, 0.25) is 0 Å². The maximum Gasteiger partial charge on any atom is 0.227 e. The van der Waals surface area contributed by atoms with E-state index in [1.165, 1.54) is 8.93 Å². The van der Waals surface area contributed by atoms with Crippen LogP contribution in [0.5, 0.6) is 0 Å². The zero-order chi connectivity index (χ0) is 11.1. The predicted molar refractivity (Wildman–Crippen MR) is 73.8 cm³/mol. The van der Waals surface area contributed by atoms with Gasteiger partial charge in [0, 0.05) is 38.9 Å². The van der Waals surface area contributed by atoms with Crippen LogP contribution in [0.4, 0.5) is 0 Å². The summed E-state index contributed by atoms with van der Waals surface area (Å²) in [7, 11) is 1.43. The molecule has 0 saturated carbocycles. The van der Waals surface area contributed by atoms with Gasteiger partial charge in [-0.05, 0) is 32.2 Å². The number of aromatic nitrogens is 1. The highest BCUT2D eigenvalue weighted by Gasteiger charge is 1.99. The minimum Gasteiger partial charge on any atom is -0.429 e. The van der Waals surface area contributed by atoms with Crippen LogP contribution < -0.4 is 0 Å². The van der Waals surface area contributed by atoms with E-state index in [1.807, 2.05) is 32.0 Å². The summed E-state index contributed by atoms with van der Waals surface area (Å²) in [5.41, 5.74) is 0.644. The SMILES string of the molecule is CC.ISC#Cc1cc2cccnc2o1. The normalized spacial score (nSPS) is 8.73. The van der Waals surface area contributed by atoms with Crippen molar-refractivity contribution in [3.05, 3.63) is 30.2 Å². The van der Waals surface area contributed by atoms with Crippen LogP contribution in [-0.2, 0) is 0 Å². The highest BCUT2D eigenvalue weighted by Crippen LogP contribution is 2.16. The Balaban J connectivity index is 0.000000531. The lowest BCUT2D eigenvalue weighted by molar-refractivity contribution is 0.589. The van der Waals surface area contributed by atoms with E-state index in [4.69, 9.17) is 4.42 Å². The summed E-state index contributed by atoms with van der Waals surface area (Å²) in [6.45, 7) is 4.00. The second-order valence-electron chi connectivity index (χ2n) is 2.31. The minimum atomic E-state index is 0.644. The van der Waals surface area contributed by atoms with Crippen molar-refractivity contribution in [2.75, 3.05) is 0 Å². The predicted octanol–water partition coefficient (Wildman–Crippen LogP) is 4.25. The molecule has 2 aromatic rings. The number of pyridine rings is 1. The average Bonchev–Trinajstić information content (AvgIpc) is 2.71. The van der Waals surface area contributed by atoms with E-state index < -0.39 is 0 Å². The molecule has 15 heavy (non-hydrogen) atoms. The van der Waals surface area contributed by atoms with Crippen molar-refractivity contribution in [3.63, 3.8) is 0 Å². The number of hydrogen-bond acceptors (Lipinski definition) is 3. The molecule has 78 valence electrons. The molecule has 0 bridgehead atoms. The van der Waals surface area contributed by atoms with E-state index in [2.05, 4.69) is 37.4 Å². The van der Waals surface area contributed by atoms with Crippen molar-refractivity contribution in [2.24, 2.45) is 0 Å². The topological polar surface area (TPSA) is 26.0 Å². The lowest BCUT2D eigenvalue weighted by Gasteiger charge is -1.81. The Morgan fingerprint density at radius 1 is 1.47 bits per heavy atom. The van der Waals surface area contributed by atoms with Crippen LogP contribution in [0.1, 0.15) is 19.6 Å². The Kier molecular flexibility index (Phi) is 5.58. The maximum absolute atomic E-state index is 5.37. The smallest absolute Gasteiger partial charge is 0.227 e. The lowest BCUT2D eigenvalue weighted by atomic mass is 10.3. The molecule has 0 aliphatic heterocycles. The van der Waals surface area contributed by atoms with Crippen molar-refractivity contribution < 1.29 is 4.42 Å². The summed E-state index contributed by atoms with van der Waals surface area (Å²) in [4.78, 5) is 4.07. The number of fused-ring (bicyclic) bond motifs is 1. The van der Waals surface area contributed by atoms with Gasteiger partial charge in [0.15, 0.2) is 5.76 Å². The van der Waals surface area contributed by atoms with Crippen molar-refractivity contribution in [1.82, 2.24) is 4.98 Å². The molecule has 4 heteroatoms. The van der Waals surface area contributed by atoms with Gasteiger partial charge >= 0.3 is 0 Å². The first-order valence-corrected chi connectivity index (χ1v) is 7.89. The van der Waals surface area contributed by atoms with Gasteiger partial charge in [-0.1, -0.05) is 13.8 Å². The first-order chi connectivity index (χ1) is 7.40. The molecular weight excluding hydrogens is 321 g/mol. The zero-order valence-corrected chi connectivity index (χ0v) is 11.4. The van der Waals surface area contributed by atoms with Crippen LogP contribution in [0.15, 0.2) is 28.8 Å². The third kappa shape index (κ3) is 3.43. The van der Waals surface area contributed by atoms with E-state index >= 15 is 0 Å². The minimum absolute atomic E-state index is 0.644. The molecule has 0 fully saturated rings. The summed E-state index contributed by atoms with van der Waals surface area (Å²) >= 11 is 2.12. The second kappa shape index (κ2) is 6.75. The number of hydrogen-bond donors (Lipinski definition) is 0. The van der Waals surface area contributed by atoms with Gasteiger partial charge in [0.25, 0.3) is 0 Å². The highest BCUT2D eigenvalue weighted by molar-refractivity contribution is 14.2. The monoisotopic (exact) mass is 331 g/mol. The van der Waals surface area contributed by atoms with E-state index in [0.29, 0.717) is 11.5 Å². The molecule has 0 amide bonds. The molecular formula is C11H10INOS. The van der Waals surface area contributed by atoms with Crippen LogP contribution in [0.3, 0.4) is 0 Å². The van der Waals surface area contributed by atoms with Crippen LogP contribution in [0, 0.1) is 11.2 Å². The van der Waals surface area contributed by atoms with Crippen LogP contribution in [-0.4, -0.2) is 4.98 Å². The van der Waals surface area contributed by atoms with Gasteiger partial charge in [0.2, 0.25) is 5.71 Å². The number of furan rings is 1. The number of nitrogens with zero attached hydrogens (tertiary/aromatic N) is 1. The van der Waals surface area contributed by atoms with Crippen molar-refractivity contribution in [3.8, 4) is 11.2 Å². The average molecular weight is 331 g/mol. The fraction of sp³-hybridized carbons (Fsp3) is 0.182. The molecule has 0 saturated heterocycles. The van der Waals surface area contributed by atoms with Gasteiger partial charge in [0.05, 0.1) is 0 Å². The Morgan fingerprint density at radius 2 is 2.27 bits per heavy atom. The summed E-state index contributed by atoms with van der Waals surface area (Å²) in [6, 6.07) is 5.72. The molecule has 0 spiro atoms. The van der Waals surface area contributed by atoms with E-state index in [9.17, 15) is 0 Å². The molecule has 2 aromatic heterocycles. The zero-order valence-electron chi connectivity index (χ0n) is 8.45. The molecule has 0 atom stereocenters. The first kappa shape index (κ1) is 12.4. The Morgan fingerprint density at radius 3 is 2.93 bits per heavy atom. The number of halogens is 1. The fourth-order valence-electron chi connectivity index (χ4n) is 1.00. The first-order valence-electron chi connectivity index (χ1n) is 4.53. The standard InChI is InChI=1S/C9H4INOS.C2H6/c10-13-5-3-8-6-7-2-1-4-11-9(7)12-8;1-2/h1-2,4,6H;1-2H3. The molecule has 0 unspecified atom stereocenters. The van der Waals surface area contributed by atoms with E-state index in [1.54, 1.807) is 6.20 Å². The summed E-state index contributed by atoms with van der Waals surface area (Å²) in [5, 5.41) is 3.85. The summed E-state index contributed by atoms with van der Waals surface area (Å²) in [5.74, 6) is 3.55. The largest absolute Gasteiger partial charge is 0.429 e. The summed E-state index contributed by atoms with van der Waals surface area (Å²) in [6.07, 6.45) is 1.70. The Hall–Kier alpha value is -0.670. The van der Waals surface area contributed by atoms with Gasteiger partial charge in [-0.3, -0.25) is 0 Å². The van der Waals surface area contributed by atoms with Gasteiger partial charge in [-0.15, -0.1) is 0 Å². The van der Waals surface area contributed by atoms with E-state index in [0.717, 1.165) is 5.39 Å². The Bertz CT molecular complexity index is 451. The van der Waals surface area contributed by atoms with Crippen LogP contribution in [0.25, 0.3) is 11.1 Å². The third-order valence-corrected chi connectivity index (χ3v) is 2.35. The van der Waals surface area contributed by atoms with Crippen molar-refractivity contribution >= 4 is 41.2 Å². The molecule has 0 radical (unpaired) electrons. The van der Waals surface area contributed by atoms with Crippen molar-refractivity contribution in [2.45, 2.75) is 13.8 Å². The second-order valence-corrected chi connectivity index (χ2v) is 3.99.